The smallest absolute Gasteiger partial charge is 0.317 e. The molecule has 0 bridgehead atoms. The number of ether oxygens (including phenoxy) is 6. The Labute approximate surface area is 402 Å². The zero-order valence-corrected chi connectivity index (χ0v) is 37.7. The molecule has 33 heteroatoms. The van der Waals surface area contributed by atoms with E-state index in [9.17, 15) is 111 Å². The summed E-state index contributed by atoms with van der Waals surface area (Å²) in [4.78, 5) is 65.0. The zero-order valence-electron chi connectivity index (χ0n) is 37.7. The number of aliphatic hydroxyl groups excluding tert-OH is 14. The number of rotatable bonds is 26. The Kier molecular flexibility index (Phi) is 23.4. The molecule has 0 aromatic heterocycles. The first-order valence-electron chi connectivity index (χ1n) is 22.0. The topological polar surface area (TPSA) is 518 Å². The van der Waals surface area contributed by atoms with Gasteiger partial charge in [0.25, 0.3) is 0 Å². The molecule has 71 heavy (non-hydrogen) atoms. The molecule has 4 saturated heterocycles. The lowest BCUT2D eigenvalue weighted by Crippen LogP contribution is -2.67. The van der Waals surface area contributed by atoms with E-state index in [4.69, 9.17) is 28.4 Å². The van der Waals surface area contributed by atoms with Crippen LogP contribution < -0.4 is 10.6 Å². The first-order chi connectivity index (χ1) is 33.4. The minimum Gasteiger partial charge on any atom is -0.480 e. The third kappa shape index (κ3) is 16.2. The van der Waals surface area contributed by atoms with Crippen LogP contribution in [0.25, 0.3) is 0 Å². The first-order valence-corrected chi connectivity index (χ1v) is 22.0. The van der Waals surface area contributed by atoms with Gasteiger partial charge in [-0.15, -0.1) is 0 Å². The van der Waals surface area contributed by atoms with Crippen molar-refractivity contribution < 1.29 is 139 Å². The number of aliphatic hydroxyl groups is 14. The predicted octanol–water partition coefficient (Wildman–Crippen LogP) is -13.4. The van der Waals surface area contributed by atoms with Gasteiger partial charge in [0.05, 0.1) is 59.2 Å². The van der Waals surface area contributed by atoms with E-state index in [-0.39, 0.29) is 26.2 Å². The molecular weight excluding hydrogens is 974 g/mol. The van der Waals surface area contributed by atoms with Gasteiger partial charge in [0.15, 0.2) is 25.0 Å². The number of carboxylic acids is 3. The maximum absolute atomic E-state index is 13.2. The molecule has 410 valence electrons. The molecule has 0 aromatic rings. The minimum atomic E-state index is -2.02. The van der Waals surface area contributed by atoms with Crippen LogP contribution in [0.3, 0.4) is 0 Å². The maximum atomic E-state index is 13.2. The number of nitrogens with zero attached hydrogens (tertiary/aromatic N) is 3. The fourth-order valence-corrected chi connectivity index (χ4v) is 8.07. The third-order valence-electron chi connectivity index (χ3n) is 11.9. The van der Waals surface area contributed by atoms with Gasteiger partial charge in [0.2, 0.25) is 11.8 Å². The highest BCUT2D eigenvalue weighted by Crippen LogP contribution is 2.30. The molecule has 2 unspecified atom stereocenters. The predicted molar refractivity (Wildman–Crippen MR) is 221 cm³/mol. The van der Waals surface area contributed by atoms with Gasteiger partial charge in [-0.1, -0.05) is 0 Å². The summed E-state index contributed by atoms with van der Waals surface area (Å²) in [7, 11) is 0. The Morgan fingerprint density at radius 3 is 1.00 bits per heavy atom. The Morgan fingerprint density at radius 2 is 0.690 bits per heavy atom. The monoisotopic (exact) mass is 1040 g/mol. The first kappa shape index (κ1) is 60.0. The number of carbonyl (C=O) groups excluding carboxylic acids is 2. The van der Waals surface area contributed by atoms with Gasteiger partial charge in [-0.2, -0.15) is 0 Å². The fraction of sp³-hybridized carbons (Fsp3) is 0.868. The standard InChI is InChI=1S/C38H65N5O28/c44-10-14-23(56)25(58)31(64)37(68-14)70-33-16(12-46)66-35(29(62)27(33)60)39-18(48)5-42(8-21(52)53)3-1-41(7-20(50)51)2-4-43(9-22(54)55)6-19(49)40-36-30(63)28(61)34(17(13-47)67-36)71-38-32(65)26(59)24(57)15(11-45)69-38/h14-17,23-38,44-47,56-65H,1-13H2,(H,39,48)(H,40,49)(H,50,51)(H,52,53)(H,54,55)/t14-,15-,16-,17-,23+,24+,25+,26+,27-,28-,29-,30-,31-,32-,33-,34-,35?,36?,37-,38-/m1/s1. The number of aliphatic carboxylic acids is 3. The van der Waals surface area contributed by atoms with Crippen molar-refractivity contribution >= 4 is 29.7 Å². The number of nitrogens with one attached hydrogen (secondary N) is 2. The number of amides is 2. The van der Waals surface area contributed by atoms with E-state index in [2.05, 4.69) is 10.6 Å². The Bertz CT molecular complexity index is 1610. The fourth-order valence-electron chi connectivity index (χ4n) is 8.07. The summed E-state index contributed by atoms with van der Waals surface area (Å²) < 4.78 is 32.5. The summed E-state index contributed by atoms with van der Waals surface area (Å²) >= 11 is 0. The zero-order chi connectivity index (χ0) is 53.0. The molecule has 2 amide bonds. The van der Waals surface area contributed by atoms with Crippen molar-refractivity contribution in [1.29, 1.82) is 0 Å². The van der Waals surface area contributed by atoms with E-state index in [0.29, 0.717) is 0 Å². The number of hydrogen-bond acceptors (Lipinski definition) is 28. The molecule has 0 saturated carbocycles. The van der Waals surface area contributed by atoms with Crippen molar-refractivity contribution in [1.82, 2.24) is 25.3 Å². The number of carboxylic acid groups (broad SMARTS) is 3. The maximum Gasteiger partial charge on any atom is 0.317 e. The lowest BCUT2D eigenvalue weighted by Gasteiger charge is -2.46. The highest BCUT2D eigenvalue weighted by molar-refractivity contribution is 5.80. The average Bonchev–Trinajstić information content (AvgIpc) is 3.31. The van der Waals surface area contributed by atoms with Gasteiger partial charge in [-0.25, -0.2) is 0 Å². The second kappa shape index (κ2) is 27.6. The van der Waals surface area contributed by atoms with Crippen molar-refractivity contribution in [3.8, 4) is 0 Å². The van der Waals surface area contributed by atoms with Crippen LogP contribution in [0.1, 0.15) is 0 Å². The summed E-state index contributed by atoms with van der Waals surface area (Å²) in [5.41, 5.74) is 0. The molecule has 0 aromatic carbocycles. The summed E-state index contributed by atoms with van der Waals surface area (Å²) in [5, 5.41) is 177. The summed E-state index contributed by atoms with van der Waals surface area (Å²) in [6.07, 6.45) is -35.7. The molecule has 4 aliphatic rings. The molecule has 4 aliphatic heterocycles. The molecule has 0 aliphatic carbocycles. The van der Waals surface area contributed by atoms with Crippen molar-refractivity contribution in [3.05, 3.63) is 0 Å². The van der Waals surface area contributed by atoms with E-state index < -0.39 is 212 Å². The third-order valence-corrected chi connectivity index (χ3v) is 11.9. The van der Waals surface area contributed by atoms with Crippen LogP contribution in [-0.4, -0.2) is 339 Å². The SMILES string of the molecule is O=C(O)CN(CCN(CC(=O)O)CC(=O)NC1O[C@H](CO)[C@@H](O[C@H]2O[C@H](CO)[C@H](O)[C@H](O)[C@H]2O)[C@H](O)[C@H]1O)CCN(CC(=O)O)CC(=O)NC1O[C@H](CO)[C@@H](O[C@H]2O[C@H](CO)[C@H](O)[C@H](O)[C@H]2O)[C@H](O)[C@H]1O. The summed E-state index contributed by atoms with van der Waals surface area (Å²) in [6, 6.07) is 0. The van der Waals surface area contributed by atoms with Crippen LogP contribution in [-0.2, 0) is 52.4 Å². The summed E-state index contributed by atoms with van der Waals surface area (Å²) in [5.74, 6) is -6.31. The largest absolute Gasteiger partial charge is 0.480 e. The van der Waals surface area contributed by atoms with Gasteiger partial charge < -0.3 is 126 Å². The van der Waals surface area contributed by atoms with Crippen molar-refractivity contribution in [3.63, 3.8) is 0 Å². The molecule has 4 fully saturated rings. The van der Waals surface area contributed by atoms with E-state index >= 15 is 0 Å². The van der Waals surface area contributed by atoms with Crippen molar-refractivity contribution in [2.24, 2.45) is 0 Å². The molecule has 0 radical (unpaired) electrons. The van der Waals surface area contributed by atoms with Gasteiger partial charge >= 0.3 is 17.9 Å². The Hall–Kier alpha value is -3.57. The quantitative estimate of drug-likeness (QED) is 0.0382. The van der Waals surface area contributed by atoms with Gasteiger partial charge in [-0.3, -0.25) is 38.7 Å². The van der Waals surface area contributed by atoms with Crippen molar-refractivity contribution in [2.45, 2.75) is 123 Å². The van der Waals surface area contributed by atoms with Crippen LogP contribution in [0, 0.1) is 0 Å². The summed E-state index contributed by atoms with van der Waals surface area (Å²) in [6.45, 7) is -8.63. The molecule has 4 rings (SSSR count). The Morgan fingerprint density at radius 1 is 0.380 bits per heavy atom. The lowest BCUT2D eigenvalue weighted by molar-refractivity contribution is -0.343. The highest BCUT2D eigenvalue weighted by Gasteiger charge is 2.52. The van der Waals surface area contributed by atoms with Gasteiger partial charge in [0.1, 0.15) is 97.7 Å². The highest BCUT2D eigenvalue weighted by atomic mass is 16.7. The van der Waals surface area contributed by atoms with Gasteiger partial charge in [-0.05, 0) is 0 Å². The van der Waals surface area contributed by atoms with Crippen LogP contribution in [0.4, 0.5) is 0 Å². The van der Waals surface area contributed by atoms with E-state index in [1.165, 1.54) is 4.90 Å². The second-order valence-electron chi connectivity index (χ2n) is 17.1. The Balaban J connectivity index is 1.34. The van der Waals surface area contributed by atoms with E-state index in [1.54, 1.807) is 0 Å². The van der Waals surface area contributed by atoms with Crippen molar-refractivity contribution in [2.75, 3.05) is 85.3 Å². The molecule has 19 N–H and O–H groups in total. The molecule has 4 heterocycles. The van der Waals surface area contributed by atoms with Gasteiger partial charge in [0, 0.05) is 26.2 Å². The molecular formula is C38H65N5O28. The van der Waals surface area contributed by atoms with E-state index in [0.717, 1.165) is 9.80 Å². The molecule has 20 atom stereocenters. The average molecular weight is 1040 g/mol. The molecule has 33 nitrogen and oxygen atoms in total. The van der Waals surface area contributed by atoms with E-state index in [1.807, 2.05) is 0 Å². The minimum absolute atomic E-state index is 0.292. The van der Waals surface area contributed by atoms with Crippen LogP contribution in [0.2, 0.25) is 0 Å². The number of carbonyl (C=O) groups is 5. The lowest BCUT2D eigenvalue weighted by atomic mass is 9.96. The normalized spacial score (nSPS) is 37.8. The van der Waals surface area contributed by atoms with Crippen LogP contribution in [0.5, 0.6) is 0 Å². The molecule has 0 spiro atoms. The van der Waals surface area contributed by atoms with Crippen LogP contribution >= 0.6 is 0 Å². The second-order valence-corrected chi connectivity index (χ2v) is 17.1. The van der Waals surface area contributed by atoms with Crippen LogP contribution in [0.15, 0.2) is 0 Å². The number of hydrogen-bond donors (Lipinski definition) is 19.